The number of aliphatic hydroxyl groups is 2. The molecule has 1 fully saturated rings. The lowest BCUT2D eigenvalue weighted by molar-refractivity contribution is 0.0640. The molecule has 2 aliphatic carbocycles. The number of thiazole rings is 1. The molecule has 31 heavy (non-hydrogen) atoms. The second-order valence-corrected chi connectivity index (χ2v) is 10.1. The third-order valence-corrected chi connectivity index (χ3v) is 7.58. The van der Waals surface area contributed by atoms with Crippen LogP contribution in [0.15, 0.2) is 9.98 Å². The number of carbonyl (C=O) groups is 1. The van der Waals surface area contributed by atoms with E-state index < -0.39 is 6.10 Å². The van der Waals surface area contributed by atoms with E-state index in [0.29, 0.717) is 29.4 Å². The maximum absolute atomic E-state index is 11.5. The zero-order chi connectivity index (χ0) is 22.0. The van der Waals surface area contributed by atoms with Crippen LogP contribution in [0.3, 0.4) is 0 Å². The molecule has 1 saturated carbocycles. The van der Waals surface area contributed by atoms with Crippen molar-refractivity contribution in [2.45, 2.75) is 73.0 Å². The first-order chi connectivity index (χ1) is 14.2. The van der Waals surface area contributed by atoms with Gasteiger partial charge >= 0.3 is 0 Å². The van der Waals surface area contributed by atoms with Gasteiger partial charge in [0.25, 0.3) is 5.91 Å². The fourth-order valence-corrected chi connectivity index (χ4v) is 5.60. The molecule has 7 nitrogen and oxygen atoms in total. The lowest BCUT2D eigenvalue weighted by Crippen LogP contribution is -2.41. The highest BCUT2D eigenvalue weighted by Crippen LogP contribution is 2.40. The predicted octanol–water partition coefficient (Wildman–Crippen LogP) is 3.66. The number of carbonyl (C=O) groups excluding carboxylic acids is 1. The smallest absolute Gasteiger partial charge is 0.280 e. The summed E-state index contributed by atoms with van der Waals surface area (Å²) in [6.45, 7) is 9.08. The van der Waals surface area contributed by atoms with Crippen LogP contribution >= 0.6 is 11.3 Å². The van der Waals surface area contributed by atoms with E-state index in [-0.39, 0.29) is 25.4 Å². The van der Waals surface area contributed by atoms with E-state index in [4.69, 9.17) is 0 Å². The molecule has 0 bridgehead atoms. The summed E-state index contributed by atoms with van der Waals surface area (Å²) >= 11 is 1.40. The average molecular weight is 451 g/mol. The Morgan fingerprint density at radius 3 is 2.26 bits per heavy atom. The van der Waals surface area contributed by atoms with Gasteiger partial charge in [-0.1, -0.05) is 35.1 Å². The van der Waals surface area contributed by atoms with Crippen molar-refractivity contribution in [2.75, 3.05) is 13.7 Å². The molecular formula is C23H38N4O3S. The van der Waals surface area contributed by atoms with Gasteiger partial charge in [0.1, 0.15) is 18.9 Å². The Labute approximate surface area is 190 Å². The van der Waals surface area contributed by atoms with E-state index in [0.717, 1.165) is 47.7 Å². The number of rotatable bonds is 3. The minimum atomic E-state index is -0.520. The van der Waals surface area contributed by atoms with Crippen LogP contribution in [0.4, 0.5) is 0 Å². The van der Waals surface area contributed by atoms with Crippen LogP contribution in [-0.2, 0) is 6.42 Å². The zero-order valence-corrected chi connectivity index (χ0v) is 19.4. The molecule has 4 atom stereocenters. The minimum absolute atomic E-state index is 0. The lowest BCUT2D eigenvalue weighted by atomic mass is 9.77. The molecule has 174 valence electrons. The first-order valence-corrected chi connectivity index (χ1v) is 11.7. The van der Waals surface area contributed by atoms with Crippen molar-refractivity contribution in [3.05, 3.63) is 15.6 Å². The second kappa shape index (κ2) is 10.8. The number of hydrogen-bond acceptors (Lipinski definition) is 7. The van der Waals surface area contributed by atoms with Crippen LogP contribution in [0, 0.1) is 23.7 Å². The van der Waals surface area contributed by atoms with Gasteiger partial charge in [-0.2, -0.15) is 0 Å². The number of nitrogens with one attached hydrogen (secondary N) is 1. The first kappa shape index (κ1) is 25.6. The van der Waals surface area contributed by atoms with Crippen LogP contribution in [0.25, 0.3) is 0 Å². The molecule has 0 radical (unpaired) electrons. The monoisotopic (exact) mass is 450 g/mol. The van der Waals surface area contributed by atoms with Crippen molar-refractivity contribution >= 4 is 28.7 Å². The van der Waals surface area contributed by atoms with E-state index >= 15 is 0 Å². The van der Waals surface area contributed by atoms with Crippen molar-refractivity contribution < 1.29 is 15.0 Å². The zero-order valence-electron chi connectivity index (χ0n) is 18.6. The maximum Gasteiger partial charge on any atom is 0.280 e. The summed E-state index contributed by atoms with van der Waals surface area (Å²) in [5, 5.41) is 23.3. The predicted molar refractivity (Wildman–Crippen MR) is 127 cm³/mol. The largest absolute Gasteiger partial charge is 0.386 e. The van der Waals surface area contributed by atoms with Gasteiger partial charge in [0.05, 0.1) is 17.1 Å². The van der Waals surface area contributed by atoms with Crippen LogP contribution in [0.1, 0.15) is 80.9 Å². The van der Waals surface area contributed by atoms with Crippen LogP contribution < -0.4 is 5.32 Å². The summed E-state index contributed by atoms with van der Waals surface area (Å²) < 4.78 is 0. The molecule has 1 aromatic heterocycles. The van der Waals surface area contributed by atoms with Gasteiger partial charge in [0.15, 0.2) is 5.01 Å². The molecular weight excluding hydrogens is 412 g/mol. The molecule has 4 rings (SSSR count). The molecule has 3 aliphatic rings. The van der Waals surface area contributed by atoms with E-state index in [2.05, 4.69) is 48.0 Å². The molecule has 2 heterocycles. The fourth-order valence-electron chi connectivity index (χ4n) is 4.54. The number of hydrogen-bond donors (Lipinski definition) is 3. The number of fused-ring (bicyclic) bond motifs is 2. The molecule has 1 aromatic rings. The van der Waals surface area contributed by atoms with Gasteiger partial charge in [-0.25, -0.2) is 4.98 Å². The van der Waals surface area contributed by atoms with Crippen LogP contribution in [0.2, 0.25) is 0 Å². The molecule has 4 unspecified atom stereocenters. The molecule has 1 amide bonds. The normalized spacial score (nSPS) is 26.7. The van der Waals surface area contributed by atoms with Crippen molar-refractivity contribution in [3.8, 4) is 0 Å². The third-order valence-electron chi connectivity index (χ3n) is 6.45. The highest BCUT2D eigenvalue weighted by molar-refractivity contribution is 7.13. The summed E-state index contributed by atoms with van der Waals surface area (Å²) in [6.07, 6.45) is 3.06. The van der Waals surface area contributed by atoms with Crippen molar-refractivity contribution in [1.82, 2.24) is 10.3 Å². The summed E-state index contributed by atoms with van der Waals surface area (Å²) in [4.78, 5) is 25.4. The third kappa shape index (κ3) is 5.41. The number of aromatic nitrogens is 1. The standard InChI is InChI=1S/C12H18N2O2S.C10H16N2O.CH4/c1-6(2)7-4-5-8-9(10(7)15)14-12(17-8)11(16)13-3;1-6(2)7-3-4-8-9(10(7)13)12-5-11-8;/h6-7,10,15H,4-5H2,1-3H3,(H,13,16);6-7,10,13H,3-5H2,1-2H3;1H4. The average Bonchev–Trinajstić information content (AvgIpc) is 3.35. The molecule has 3 N–H and O–H groups in total. The molecule has 0 spiro atoms. The summed E-state index contributed by atoms with van der Waals surface area (Å²) in [7, 11) is 1.59. The summed E-state index contributed by atoms with van der Waals surface area (Å²) in [6, 6.07) is 0. The van der Waals surface area contributed by atoms with E-state index in [1.165, 1.54) is 11.3 Å². The van der Waals surface area contributed by atoms with Gasteiger partial charge in [-0.3, -0.25) is 14.8 Å². The van der Waals surface area contributed by atoms with Gasteiger partial charge in [-0.05, 0) is 49.4 Å². The van der Waals surface area contributed by atoms with Crippen molar-refractivity contribution in [1.29, 1.82) is 0 Å². The lowest BCUT2D eigenvalue weighted by Gasteiger charge is -2.31. The van der Waals surface area contributed by atoms with Gasteiger partial charge in [-0.15, -0.1) is 11.3 Å². The van der Waals surface area contributed by atoms with E-state index in [1.807, 2.05) is 0 Å². The Balaban J connectivity index is 0.000000220. The van der Waals surface area contributed by atoms with Gasteiger partial charge < -0.3 is 15.5 Å². The quantitative estimate of drug-likeness (QED) is 0.653. The van der Waals surface area contributed by atoms with Crippen molar-refractivity contribution in [2.24, 2.45) is 33.7 Å². The Bertz CT molecular complexity index is 831. The molecule has 8 heteroatoms. The number of aryl methyl sites for hydroxylation is 1. The second-order valence-electron chi connectivity index (χ2n) is 8.98. The highest BCUT2D eigenvalue weighted by atomic mass is 32.1. The first-order valence-electron chi connectivity index (χ1n) is 10.9. The minimum Gasteiger partial charge on any atom is -0.386 e. The number of amides is 1. The Hall–Kier alpha value is -1.64. The van der Waals surface area contributed by atoms with Crippen LogP contribution in [-0.4, -0.2) is 52.3 Å². The van der Waals surface area contributed by atoms with Crippen LogP contribution in [0.5, 0.6) is 0 Å². The van der Waals surface area contributed by atoms with E-state index in [1.54, 1.807) is 7.05 Å². The number of nitrogens with zero attached hydrogens (tertiary/aromatic N) is 3. The summed E-state index contributed by atoms with van der Waals surface area (Å²) in [5.74, 6) is 1.42. The number of aliphatic hydroxyl groups excluding tert-OH is 2. The van der Waals surface area contributed by atoms with Gasteiger partial charge in [0, 0.05) is 11.9 Å². The maximum atomic E-state index is 11.5. The Morgan fingerprint density at radius 2 is 1.65 bits per heavy atom. The SMILES string of the molecule is C.CC(C)C1CCC2=NCN=C2C1O.CNC(=O)c1nc2c(s1)CCC(C(C)C)C2O. The molecule has 0 saturated heterocycles. The van der Waals surface area contributed by atoms with E-state index in [9.17, 15) is 15.0 Å². The Kier molecular flexibility index (Phi) is 8.92. The Morgan fingerprint density at radius 1 is 1.03 bits per heavy atom. The number of aliphatic imine (C=N–C) groups is 2. The molecule has 0 aromatic carbocycles. The molecule has 1 aliphatic heterocycles. The topological polar surface area (TPSA) is 107 Å². The highest BCUT2D eigenvalue weighted by Gasteiger charge is 2.35. The fraction of sp³-hybridized carbons (Fsp3) is 0.739. The van der Waals surface area contributed by atoms with Gasteiger partial charge in [0.2, 0.25) is 0 Å². The summed E-state index contributed by atoms with van der Waals surface area (Å²) in [5.41, 5.74) is 2.63. The van der Waals surface area contributed by atoms with Crippen molar-refractivity contribution in [3.63, 3.8) is 0 Å².